The fourth-order valence-corrected chi connectivity index (χ4v) is 9.13. The van der Waals surface area contributed by atoms with Gasteiger partial charge in [0.15, 0.2) is 0 Å². The number of hydrogen-bond acceptors (Lipinski definition) is 4. The molecule has 0 bridgehead atoms. The van der Waals surface area contributed by atoms with Crippen LogP contribution in [-0.2, 0) is 20.1 Å². The molecule has 0 aliphatic heterocycles. The maximum absolute atomic E-state index is 7.25. The third-order valence-corrected chi connectivity index (χ3v) is 12.4. The number of pyridine rings is 1. The van der Waals surface area contributed by atoms with E-state index in [1.165, 1.54) is 34.0 Å². The van der Waals surface area contributed by atoms with Gasteiger partial charge < -0.3 is 18.4 Å². The summed E-state index contributed by atoms with van der Waals surface area (Å²) in [5.41, 5.74) is 16.5. The first kappa shape index (κ1) is 39.9. The number of furan rings is 2. The van der Waals surface area contributed by atoms with Gasteiger partial charge in [0.05, 0.1) is 22.4 Å². The number of fused-ring (bicyclic) bond motifs is 7. The van der Waals surface area contributed by atoms with Crippen LogP contribution in [0.15, 0.2) is 191 Å². The molecule has 4 aromatic heterocycles. The van der Waals surface area contributed by atoms with Crippen molar-refractivity contribution < 1.29 is 33.1 Å². The number of aryl methyl sites for hydroxylation is 1. The summed E-state index contributed by atoms with van der Waals surface area (Å²) in [6, 6.07) is 66.0. The number of nitrogens with zero attached hydrogens (tertiary/aromatic N) is 3. The van der Waals surface area contributed by atoms with Gasteiger partial charge in [0.2, 0.25) is 0 Å². The molecule has 0 aliphatic carbocycles. The Kier molecular flexibility index (Phi) is 10.8. The Labute approximate surface area is 408 Å². The van der Waals surface area contributed by atoms with E-state index in [0.29, 0.717) is 5.56 Å². The van der Waals surface area contributed by atoms with E-state index >= 15 is 0 Å². The quantitative estimate of drug-likeness (QED) is 0.149. The molecule has 0 amide bonds. The number of aromatic nitrogens is 3. The van der Waals surface area contributed by atoms with Gasteiger partial charge in [-0.1, -0.05) is 130 Å². The Balaban J connectivity index is 0.000000285. The summed E-state index contributed by atoms with van der Waals surface area (Å²) in [4.78, 5) is 9.51. The second-order valence-electron chi connectivity index (χ2n) is 17.4. The molecule has 0 N–H and O–H groups in total. The van der Waals surface area contributed by atoms with Crippen LogP contribution in [0.25, 0.3) is 105 Å². The number of hydrogen-bond donors (Lipinski definition) is 0. The van der Waals surface area contributed by atoms with E-state index in [4.69, 9.17) is 17.9 Å². The third kappa shape index (κ3) is 8.07. The van der Waals surface area contributed by atoms with Crippen molar-refractivity contribution in [3.05, 3.63) is 211 Å². The Morgan fingerprint density at radius 2 is 1.28 bits per heavy atom. The maximum atomic E-state index is 7.25. The second kappa shape index (κ2) is 18.1. The van der Waals surface area contributed by atoms with Crippen LogP contribution in [-0.4, -0.2) is 14.5 Å². The first-order valence-corrected chi connectivity index (χ1v) is 22.4. The van der Waals surface area contributed by atoms with Gasteiger partial charge in [-0.2, -0.15) is 0 Å². The predicted molar refractivity (Wildman–Crippen MR) is 272 cm³/mol. The van der Waals surface area contributed by atoms with Crippen LogP contribution in [0.2, 0.25) is 0 Å². The second-order valence-corrected chi connectivity index (χ2v) is 17.4. The average Bonchev–Trinajstić information content (AvgIpc) is 4.07. The van der Waals surface area contributed by atoms with Gasteiger partial charge in [0.25, 0.3) is 0 Å². The standard InChI is InChI=1S/C49H37N2O2.C12H10N.Ir/c1-29(2)39-26-34(33-21-23-36-35-15-8-11-20-44(35)52-46(36)28-33)27-40(30(3)4)47(39)51-43-19-10-9-18-42(43)50-49(51)38-17-12-16-37-41-25-32(31-13-6-5-7-14-31)22-24-45(41)53-48(37)38;1-10-5-7-11(8-6-10)12-4-2-3-9-13-12;/h5-16,18-30H,1-4H3;2-7,9H,1H3;/q2*-1;/i;1D3;. The molecule has 1 radical (unpaired) electrons. The number of para-hydroxylation sites is 3. The molecule has 0 unspecified atom stereocenters. The summed E-state index contributed by atoms with van der Waals surface area (Å²) >= 11 is 0. The van der Waals surface area contributed by atoms with Gasteiger partial charge >= 0.3 is 0 Å². The first-order chi connectivity index (χ1) is 33.5. The van der Waals surface area contributed by atoms with E-state index in [9.17, 15) is 0 Å². The van der Waals surface area contributed by atoms with Crippen molar-refractivity contribution in [1.82, 2.24) is 14.5 Å². The molecule has 12 aromatic rings. The van der Waals surface area contributed by atoms with Crippen molar-refractivity contribution in [3.63, 3.8) is 0 Å². The maximum Gasteiger partial charge on any atom is 0.136 e. The average molecular weight is 1050 g/mol. The summed E-state index contributed by atoms with van der Waals surface area (Å²) in [5.74, 6) is 1.28. The molecular weight excluding hydrogens is 999 g/mol. The van der Waals surface area contributed by atoms with Crippen LogP contribution in [0.5, 0.6) is 0 Å². The minimum atomic E-state index is -2.07. The van der Waals surface area contributed by atoms with Gasteiger partial charge in [-0.25, -0.2) is 0 Å². The molecule has 5 nitrogen and oxygen atoms in total. The van der Waals surface area contributed by atoms with Gasteiger partial charge in [0, 0.05) is 52.3 Å². The molecule has 4 heterocycles. The summed E-state index contributed by atoms with van der Waals surface area (Å²) < 4.78 is 37.1. The molecule has 0 saturated carbocycles. The van der Waals surface area contributed by atoms with Crippen LogP contribution in [0.1, 0.15) is 60.3 Å². The van der Waals surface area contributed by atoms with E-state index in [2.05, 4.69) is 165 Å². The monoisotopic (exact) mass is 1050 g/mol. The van der Waals surface area contributed by atoms with Crippen molar-refractivity contribution in [2.24, 2.45) is 0 Å². The Morgan fingerprint density at radius 3 is 2.04 bits per heavy atom. The predicted octanol–water partition coefficient (Wildman–Crippen LogP) is 16.7. The zero-order valence-electron chi connectivity index (χ0n) is 40.5. The number of benzene rings is 8. The minimum Gasteiger partial charge on any atom is -0.501 e. The normalized spacial score (nSPS) is 12.4. The van der Waals surface area contributed by atoms with Crippen LogP contribution < -0.4 is 0 Å². The molecule has 329 valence electrons. The summed E-state index contributed by atoms with van der Waals surface area (Å²) in [6.07, 6.45) is 1.70. The van der Waals surface area contributed by atoms with E-state index in [1.807, 2.05) is 42.5 Å². The third-order valence-electron chi connectivity index (χ3n) is 12.4. The number of imidazole rings is 1. The van der Waals surface area contributed by atoms with Crippen LogP contribution in [0.4, 0.5) is 0 Å². The minimum absolute atomic E-state index is 0. The van der Waals surface area contributed by atoms with Crippen molar-refractivity contribution in [2.45, 2.75) is 46.4 Å². The zero-order chi connectivity index (χ0) is 47.4. The van der Waals surface area contributed by atoms with Crippen LogP contribution in [0, 0.1) is 19.0 Å². The van der Waals surface area contributed by atoms with Crippen molar-refractivity contribution in [1.29, 1.82) is 0 Å². The molecule has 67 heavy (non-hydrogen) atoms. The number of rotatable bonds is 7. The van der Waals surface area contributed by atoms with E-state index < -0.39 is 6.85 Å². The smallest absolute Gasteiger partial charge is 0.136 e. The Morgan fingerprint density at radius 1 is 0.567 bits per heavy atom. The summed E-state index contributed by atoms with van der Waals surface area (Å²) in [6.45, 7) is 7.06. The zero-order valence-corrected chi connectivity index (χ0v) is 39.9. The summed E-state index contributed by atoms with van der Waals surface area (Å²) in [7, 11) is 0. The largest absolute Gasteiger partial charge is 0.501 e. The van der Waals surface area contributed by atoms with Gasteiger partial charge in [-0.3, -0.25) is 4.98 Å². The van der Waals surface area contributed by atoms with Crippen molar-refractivity contribution >= 4 is 54.9 Å². The van der Waals surface area contributed by atoms with E-state index in [-0.39, 0.29) is 31.9 Å². The Hall–Kier alpha value is -7.37. The summed E-state index contributed by atoms with van der Waals surface area (Å²) in [5, 5.41) is 4.41. The van der Waals surface area contributed by atoms with E-state index in [1.54, 1.807) is 18.3 Å². The molecule has 0 atom stereocenters. The van der Waals surface area contributed by atoms with E-state index in [0.717, 1.165) is 88.7 Å². The molecule has 0 fully saturated rings. The first-order valence-electron chi connectivity index (χ1n) is 23.9. The molecular formula is C61H47IrN3O2-2. The fourth-order valence-electron chi connectivity index (χ4n) is 9.13. The fraction of sp³-hybridized carbons (Fsp3) is 0.115. The molecule has 0 aliphatic rings. The van der Waals surface area contributed by atoms with Crippen molar-refractivity contribution in [3.8, 4) is 50.6 Å². The SMILES string of the molecule is CC(C)c1cc(-c2ccc3c(c2)oc2ccccc23)cc(C(C)C)c1-n1c(-c2[c-]ccc3c2oc2ccc(-c4ccccc4)cc23)nc2ccccc21.[2H]C([2H])([2H])c1c[c-]c(-c2ccccn2)cc1.[Ir]. The van der Waals surface area contributed by atoms with Gasteiger partial charge in [0.1, 0.15) is 16.7 Å². The molecule has 0 saturated heterocycles. The van der Waals surface area contributed by atoms with Crippen LogP contribution >= 0.6 is 0 Å². The Bertz CT molecular complexity index is 3810. The molecule has 0 spiro atoms. The van der Waals surface area contributed by atoms with Gasteiger partial charge in [-0.15, -0.1) is 53.6 Å². The topological polar surface area (TPSA) is 57.0 Å². The molecule has 6 heteroatoms. The van der Waals surface area contributed by atoms with Gasteiger partial charge in [-0.05, 0) is 112 Å². The molecule has 8 aromatic carbocycles. The molecule has 12 rings (SSSR count). The van der Waals surface area contributed by atoms with Crippen molar-refractivity contribution in [2.75, 3.05) is 0 Å². The van der Waals surface area contributed by atoms with Crippen LogP contribution in [0.3, 0.4) is 0 Å².